The van der Waals surface area contributed by atoms with E-state index in [2.05, 4.69) is 39.0 Å². The van der Waals surface area contributed by atoms with Gasteiger partial charge in [-0.2, -0.15) is 0 Å². The third-order valence-corrected chi connectivity index (χ3v) is 5.02. The van der Waals surface area contributed by atoms with Gasteiger partial charge >= 0.3 is 0 Å². The number of anilines is 2. The van der Waals surface area contributed by atoms with Gasteiger partial charge in [-0.25, -0.2) is 4.98 Å². The van der Waals surface area contributed by atoms with Crippen LogP contribution < -0.4 is 9.80 Å². The molecule has 1 amide bonds. The quantitative estimate of drug-likeness (QED) is 0.844. The van der Waals surface area contributed by atoms with Crippen LogP contribution in [-0.4, -0.2) is 68.3 Å². The summed E-state index contributed by atoms with van der Waals surface area (Å²) < 4.78 is 5.39. The molecule has 2 fully saturated rings. The fourth-order valence-electron chi connectivity index (χ4n) is 3.51. The summed E-state index contributed by atoms with van der Waals surface area (Å²) in [7, 11) is 0. The number of ether oxygens (including phenoxy) is 1. The van der Waals surface area contributed by atoms with Gasteiger partial charge in [-0.1, -0.05) is 18.2 Å². The first-order valence-electron chi connectivity index (χ1n) is 9.19. The minimum absolute atomic E-state index is 0.0922. The van der Waals surface area contributed by atoms with E-state index in [1.807, 2.05) is 23.1 Å². The van der Waals surface area contributed by atoms with Gasteiger partial charge in [-0.15, -0.1) is 0 Å². The molecule has 6 nitrogen and oxygen atoms in total. The van der Waals surface area contributed by atoms with Crippen LogP contribution in [-0.2, 0) is 4.74 Å². The number of piperazine rings is 1. The predicted molar refractivity (Wildman–Crippen MR) is 102 cm³/mol. The van der Waals surface area contributed by atoms with Gasteiger partial charge in [0, 0.05) is 56.7 Å². The Bertz CT molecular complexity index is 738. The van der Waals surface area contributed by atoms with Crippen molar-refractivity contribution in [1.82, 2.24) is 9.88 Å². The zero-order valence-electron chi connectivity index (χ0n) is 14.9. The lowest BCUT2D eigenvalue weighted by atomic mass is 10.2. The molecule has 2 aliphatic heterocycles. The fraction of sp³-hybridized carbons (Fsp3) is 0.400. The van der Waals surface area contributed by atoms with E-state index in [0.29, 0.717) is 13.2 Å². The zero-order valence-corrected chi connectivity index (χ0v) is 14.9. The first-order valence-corrected chi connectivity index (χ1v) is 9.19. The highest BCUT2D eigenvalue weighted by Gasteiger charge is 2.23. The van der Waals surface area contributed by atoms with Gasteiger partial charge < -0.3 is 19.4 Å². The Morgan fingerprint density at radius 2 is 1.62 bits per heavy atom. The number of carbonyl (C=O) groups is 1. The van der Waals surface area contributed by atoms with Crippen molar-refractivity contribution in [2.45, 2.75) is 0 Å². The Hall–Kier alpha value is -2.60. The van der Waals surface area contributed by atoms with Crippen molar-refractivity contribution in [3.63, 3.8) is 0 Å². The summed E-state index contributed by atoms with van der Waals surface area (Å²) in [6.07, 6.45) is 1.73. The lowest BCUT2D eigenvalue weighted by Gasteiger charge is -2.36. The highest BCUT2D eigenvalue weighted by Crippen LogP contribution is 2.19. The Morgan fingerprint density at radius 1 is 0.885 bits per heavy atom. The summed E-state index contributed by atoms with van der Waals surface area (Å²) >= 11 is 0. The number of carbonyl (C=O) groups excluding carboxylic acids is 1. The number of hydrogen-bond donors (Lipinski definition) is 0. The molecular formula is C20H24N4O2. The molecule has 6 heteroatoms. The van der Waals surface area contributed by atoms with Crippen molar-refractivity contribution >= 4 is 17.4 Å². The number of amides is 1. The second-order valence-corrected chi connectivity index (χ2v) is 6.62. The largest absolute Gasteiger partial charge is 0.378 e. The number of morpholine rings is 1. The summed E-state index contributed by atoms with van der Waals surface area (Å²) in [5, 5.41) is 0. The molecule has 0 N–H and O–H groups in total. The van der Waals surface area contributed by atoms with Crippen LogP contribution in [0.1, 0.15) is 10.4 Å². The van der Waals surface area contributed by atoms with Crippen LogP contribution in [0.4, 0.5) is 11.5 Å². The molecule has 2 aliphatic rings. The summed E-state index contributed by atoms with van der Waals surface area (Å²) in [6.45, 7) is 6.25. The van der Waals surface area contributed by atoms with Gasteiger partial charge in [-0.05, 0) is 24.3 Å². The summed E-state index contributed by atoms with van der Waals surface area (Å²) in [5.74, 6) is 0.955. The molecule has 136 valence electrons. The van der Waals surface area contributed by atoms with E-state index in [-0.39, 0.29) is 5.91 Å². The van der Waals surface area contributed by atoms with Crippen molar-refractivity contribution in [3.05, 3.63) is 54.2 Å². The van der Waals surface area contributed by atoms with Gasteiger partial charge in [-0.3, -0.25) is 4.79 Å². The summed E-state index contributed by atoms with van der Waals surface area (Å²) in [4.78, 5) is 23.8. The van der Waals surface area contributed by atoms with E-state index in [1.54, 1.807) is 6.20 Å². The van der Waals surface area contributed by atoms with Crippen molar-refractivity contribution < 1.29 is 9.53 Å². The van der Waals surface area contributed by atoms with Gasteiger partial charge in [0.05, 0.1) is 13.2 Å². The van der Waals surface area contributed by atoms with Gasteiger partial charge in [0.2, 0.25) is 0 Å². The number of aromatic nitrogens is 1. The van der Waals surface area contributed by atoms with Gasteiger partial charge in [0.15, 0.2) is 0 Å². The highest BCUT2D eigenvalue weighted by atomic mass is 16.5. The Kier molecular flexibility index (Phi) is 5.02. The van der Waals surface area contributed by atoms with Crippen LogP contribution in [0.25, 0.3) is 0 Å². The van der Waals surface area contributed by atoms with E-state index >= 15 is 0 Å². The van der Waals surface area contributed by atoms with Crippen molar-refractivity contribution in [2.75, 3.05) is 62.3 Å². The standard InChI is InChI=1S/C20H24N4O2/c25-20(17-6-7-21-19(16-17)23-12-14-26-15-13-23)24-10-8-22(9-11-24)18-4-2-1-3-5-18/h1-7,16H,8-15H2. The first kappa shape index (κ1) is 16.8. The second-order valence-electron chi connectivity index (χ2n) is 6.62. The maximum atomic E-state index is 12.9. The number of rotatable bonds is 3. The minimum Gasteiger partial charge on any atom is -0.378 e. The lowest BCUT2D eigenvalue weighted by molar-refractivity contribution is 0.0746. The van der Waals surface area contributed by atoms with Crippen molar-refractivity contribution in [3.8, 4) is 0 Å². The number of benzene rings is 1. The summed E-state index contributed by atoms with van der Waals surface area (Å²) in [5.41, 5.74) is 1.94. The maximum absolute atomic E-state index is 12.9. The van der Waals surface area contributed by atoms with Crippen LogP contribution in [0.15, 0.2) is 48.7 Å². The van der Waals surface area contributed by atoms with Crippen LogP contribution in [0, 0.1) is 0 Å². The zero-order chi connectivity index (χ0) is 17.8. The van der Waals surface area contributed by atoms with Gasteiger partial charge in [0.1, 0.15) is 5.82 Å². The molecule has 1 aromatic heterocycles. The predicted octanol–water partition coefficient (Wildman–Crippen LogP) is 1.88. The smallest absolute Gasteiger partial charge is 0.254 e. The maximum Gasteiger partial charge on any atom is 0.254 e. The summed E-state index contributed by atoms with van der Waals surface area (Å²) in [6, 6.07) is 14.1. The fourth-order valence-corrected chi connectivity index (χ4v) is 3.51. The Morgan fingerprint density at radius 3 is 2.35 bits per heavy atom. The number of pyridine rings is 1. The minimum atomic E-state index is 0.0922. The molecule has 2 aromatic rings. The van der Waals surface area contributed by atoms with E-state index in [0.717, 1.165) is 50.6 Å². The molecule has 3 heterocycles. The highest BCUT2D eigenvalue weighted by molar-refractivity contribution is 5.95. The molecule has 0 aliphatic carbocycles. The number of para-hydroxylation sites is 1. The van der Waals surface area contributed by atoms with E-state index in [1.165, 1.54) is 5.69 Å². The molecule has 0 unspecified atom stereocenters. The number of hydrogen-bond acceptors (Lipinski definition) is 5. The van der Waals surface area contributed by atoms with Crippen LogP contribution in [0.3, 0.4) is 0 Å². The lowest BCUT2D eigenvalue weighted by Crippen LogP contribution is -2.48. The average Bonchev–Trinajstić information content (AvgIpc) is 2.75. The normalized spacial score (nSPS) is 18.1. The molecule has 0 bridgehead atoms. The average molecular weight is 352 g/mol. The Labute approximate surface area is 154 Å². The molecule has 0 saturated carbocycles. The number of nitrogens with zero attached hydrogens (tertiary/aromatic N) is 4. The van der Waals surface area contributed by atoms with E-state index in [9.17, 15) is 4.79 Å². The molecular weight excluding hydrogens is 328 g/mol. The van der Waals surface area contributed by atoms with Crippen LogP contribution in [0.5, 0.6) is 0 Å². The van der Waals surface area contributed by atoms with Crippen molar-refractivity contribution in [1.29, 1.82) is 0 Å². The first-order chi connectivity index (χ1) is 12.8. The van der Waals surface area contributed by atoms with E-state index < -0.39 is 0 Å². The van der Waals surface area contributed by atoms with Crippen LogP contribution in [0.2, 0.25) is 0 Å². The topological polar surface area (TPSA) is 48.9 Å². The SMILES string of the molecule is O=C(c1ccnc(N2CCOCC2)c1)N1CCN(c2ccccc2)CC1. The van der Waals surface area contributed by atoms with Crippen LogP contribution >= 0.6 is 0 Å². The Balaban J connectivity index is 1.40. The third-order valence-electron chi connectivity index (χ3n) is 5.02. The molecule has 2 saturated heterocycles. The molecule has 4 rings (SSSR count). The molecule has 0 radical (unpaired) electrons. The molecule has 26 heavy (non-hydrogen) atoms. The monoisotopic (exact) mass is 352 g/mol. The molecule has 0 atom stereocenters. The van der Waals surface area contributed by atoms with E-state index in [4.69, 9.17) is 4.74 Å². The molecule has 1 aromatic carbocycles. The van der Waals surface area contributed by atoms with Gasteiger partial charge in [0.25, 0.3) is 5.91 Å². The van der Waals surface area contributed by atoms with Crippen molar-refractivity contribution in [2.24, 2.45) is 0 Å². The molecule has 0 spiro atoms. The second kappa shape index (κ2) is 7.74. The third kappa shape index (κ3) is 3.65.